The normalized spacial score (nSPS) is 17.7. The second-order valence-electron chi connectivity index (χ2n) is 7.73. The number of likely N-dealkylation sites (tertiary alicyclic amines) is 1. The first-order valence-electron chi connectivity index (χ1n) is 10.3. The van der Waals surface area contributed by atoms with Crippen molar-refractivity contribution in [2.75, 3.05) is 50.7 Å². The van der Waals surface area contributed by atoms with Gasteiger partial charge in [0.05, 0.1) is 11.3 Å². The third-order valence-electron chi connectivity index (χ3n) is 5.85. The molecule has 2 fully saturated rings. The van der Waals surface area contributed by atoms with E-state index in [1.54, 1.807) is 33.9 Å². The van der Waals surface area contributed by atoms with Crippen molar-refractivity contribution >= 4 is 11.6 Å². The van der Waals surface area contributed by atoms with Crippen LogP contribution in [0, 0.1) is 5.82 Å². The summed E-state index contributed by atoms with van der Waals surface area (Å²) in [4.78, 5) is 31.2. The Labute approximate surface area is 170 Å². The van der Waals surface area contributed by atoms with E-state index < -0.39 is 0 Å². The molecule has 2 aliphatic rings. The summed E-state index contributed by atoms with van der Waals surface area (Å²) in [6, 6.07) is 9.81. The SMILES string of the molecule is O=C(c1ccc(=O)n(CCN2CCCC2)c1)N1CCN(c2ccccc2F)CC1. The molecule has 2 aromatic rings. The molecule has 7 heteroatoms. The van der Waals surface area contributed by atoms with E-state index in [1.165, 1.54) is 25.0 Å². The fourth-order valence-corrected chi connectivity index (χ4v) is 4.13. The molecule has 2 saturated heterocycles. The van der Waals surface area contributed by atoms with Crippen LogP contribution in [0.2, 0.25) is 0 Å². The Bertz CT molecular complexity index is 915. The van der Waals surface area contributed by atoms with Crippen molar-refractivity contribution in [2.45, 2.75) is 19.4 Å². The van der Waals surface area contributed by atoms with Gasteiger partial charge in [-0.05, 0) is 44.1 Å². The maximum Gasteiger partial charge on any atom is 0.255 e. The molecule has 154 valence electrons. The molecule has 0 atom stereocenters. The highest BCUT2D eigenvalue weighted by molar-refractivity contribution is 5.94. The number of halogens is 1. The molecule has 1 amide bonds. The van der Waals surface area contributed by atoms with Crippen LogP contribution < -0.4 is 10.5 Å². The lowest BCUT2D eigenvalue weighted by atomic mass is 10.2. The van der Waals surface area contributed by atoms with Gasteiger partial charge >= 0.3 is 0 Å². The number of anilines is 1. The Balaban J connectivity index is 1.39. The molecule has 29 heavy (non-hydrogen) atoms. The zero-order valence-electron chi connectivity index (χ0n) is 16.6. The number of nitrogens with zero attached hydrogens (tertiary/aromatic N) is 4. The number of aromatic nitrogens is 1. The van der Waals surface area contributed by atoms with Crippen LogP contribution in [0.4, 0.5) is 10.1 Å². The average Bonchev–Trinajstić information content (AvgIpc) is 3.27. The molecule has 0 bridgehead atoms. The number of hydrogen-bond donors (Lipinski definition) is 0. The predicted molar refractivity (Wildman–Crippen MR) is 111 cm³/mol. The first-order valence-corrected chi connectivity index (χ1v) is 10.3. The first-order chi connectivity index (χ1) is 14.1. The van der Waals surface area contributed by atoms with Crippen molar-refractivity contribution in [3.8, 4) is 0 Å². The summed E-state index contributed by atoms with van der Waals surface area (Å²) < 4.78 is 15.6. The van der Waals surface area contributed by atoms with Crippen molar-refractivity contribution in [1.29, 1.82) is 0 Å². The van der Waals surface area contributed by atoms with Gasteiger partial charge in [0.2, 0.25) is 0 Å². The van der Waals surface area contributed by atoms with Gasteiger partial charge in [-0.3, -0.25) is 9.59 Å². The van der Waals surface area contributed by atoms with Gasteiger partial charge in [-0.1, -0.05) is 12.1 Å². The molecule has 1 aromatic heterocycles. The van der Waals surface area contributed by atoms with E-state index in [4.69, 9.17) is 0 Å². The third kappa shape index (κ3) is 4.50. The van der Waals surface area contributed by atoms with Gasteiger partial charge in [-0.2, -0.15) is 0 Å². The molecule has 0 aliphatic carbocycles. The lowest BCUT2D eigenvalue weighted by Gasteiger charge is -2.36. The number of carbonyl (C=O) groups excluding carboxylic acids is 1. The zero-order chi connectivity index (χ0) is 20.2. The summed E-state index contributed by atoms with van der Waals surface area (Å²) in [5.41, 5.74) is 1.03. The topological polar surface area (TPSA) is 48.8 Å². The van der Waals surface area contributed by atoms with E-state index in [1.807, 2.05) is 11.0 Å². The van der Waals surface area contributed by atoms with Crippen LogP contribution in [0.25, 0.3) is 0 Å². The van der Waals surface area contributed by atoms with Crippen molar-refractivity contribution in [2.24, 2.45) is 0 Å². The fourth-order valence-electron chi connectivity index (χ4n) is 4.13. The van der Waals surface area contributed by atoms with Gasteiger partial charge in [0, 0.05) is 51.5 Å². The number of hydrogen-bond acceptors (Lipinski definition) is 4. The monoisotopic (exact) mass is 398 g/mol. The highest BCUT2D eigenvalue weighted by Gasteiger charge is 2.24. The summed E-state index contributed by atoms with van der Waals surface area (Å²) in [5, 5.41) is 0. The zero-order valence-corrected chi connectivity index (χ0v) is 16.6. The number of amides is 1. The van der Waals surface area contributed by atoms with Gasteiger partial charge in [0.25, 0.3) is 11.5 Å². The average molecular weight is 398 g/mol. The van der Waals surface area contributed by atoms with E-state index in [2.05, 4.69) is 4.90 Å². The van der Waals surface area contributed by atoms with Gasteiger partial charge in [-0.15, -0.1) is 0 Å². The molecule has 2 aliphatic heterocycles. The number of para-hydroxylation sites is 1. The minimum absolute atomic E-state index is 0.0758. The fraction of sp³-hybridized carbons (Fsp3) is 0.455. The Morgan fingerprint density at radius 2 is 1.62 bits per heavy atom. The van der Waals surface area contributed by atoms with Crippen molar-refractivity contribution in [3.63, 3.8) is 0 Å². The van der Waals surface area contributed by atoms with Crippen LogP contribution in [-0.2, 0) is 6.54 Å². The van der Waals surface area contributed by atoms with E-state index in [0.29, 0.717) is 44.0 Å². The van der Waals surface area contributed by atoms with E-state index in [0.717, 1.165) is 19.6 Å². The molecular formula is C22H27FN4O2. The molecular weight excluding hydrogens is 371 g/mol. The minimum atomic E-state index is -0.239. The predicted octanol–water partition coefficient (Wildman–Crippen LogP) is 2.05. The van der Waals surface area contributed by atoms with Gasteiger partial charge in [0.15, 0.2) is 0 Å². The van der Waals surface area contributed by atoms with Gasteiger partial charge < -0.3 is 19.3 Å². The number of benzene rings is 1. The second-order valence-corrected chi connectivity index (χ2v) is 7.73. The molecule has 6 nitrogen and oxygen atoms in total. The van der Waals surface area contributed by atoms with Crippen LogP contribution in [0.15, 0.2) is 47.4 Å². The summed E-state index contributed by atoms with van der Waals surface area (Å²) in [6.45, 7) is 5.82. The number of carbonyl (C=O) groups is 1. The number of rotatable bonds is 5. The molecule has 0 spiro atoms. The summed E-state index contributed by atoms with van der Waals surface area (Å²) in [6.07, 6.45) is 4.11. The smallest absolute Gasteiger partial charge is 0.255 e. The Kier molecular flexibility index (Phi) is 5.94. The standard InChI is InChI=1S/C22H27FN4O2/c23-19-5-1-2-6-20(19)25-13-15-26(16-14-25)22(29)18-7-8-21(28)27(17-18)12-11-24-9-3-4-10-24/h1-2,5-8,17H,3-4,9-16H2. The minimum Gasteiger partial charge on any atom is -0.366 e. The van der Waals surface area contributed by atoms with E-state index >= 15 is 0 Å². The molecule has 0 unspecified atom stereocenters. The number of piperazine rings is 1. The maximum absolute atomic E-state index is 14.0. The first kappa shape index (κ1) is 19.6. The summed E-state index contributed by atoms with van der Waals surface area (Å²) >= 11 is 0. The van der Waals surface area contributed by atoms with Crippen LogP contribution in [-0.4, -0.2) is 66.1 Å². The quantitative estimate of drug-likeness (QED) is 0.774. The summed E-state index contributed by atoms with van der Waals surface area (Å²) in [7, 11) is 0. The van der Waals surface area contributed by atoms with Crippen LogP contribution >= 0.6 is 0 Å². The van der Waals surface area contributed by atoms with Crippen molar-refractivity contribution < 1.29 is 9.18 Å². The van der Waals surface area contributed by atoms with Gasteiger partial charge in [-0.25, -0.2) is 4.39 Å². The molecule has 4 rings (SSSR count). The van der Waals surface area contributed by atoms with Crippen LogP contribution in [0.3, 0.4) is 0 Å². The molecule has 1 aromatic carbocycles. The van der Waals surface area contributed by atoms with Crippen LogP contribution in [0.1, 0.15) is 23.2 Å². The highest BCUT2D eigenvalue weighted by atomic mass is 19.1. The maximum atomic E-state index is 14.0. The molecule has 3 heterocycles. The Morgan fingerprint density at radius 3 is 2.34 bits per heavy atom. The third-order valence-corrected chi connectivity index (χ3v) is 5.85. The van der Waals surface area contributed by atoms with E-state index in [9.17, 15) is 14.0 Å². The highest BCUT2D eigenvalue weighted by Crippen LogP contribution is 2.20. The lowest BCUT2D eigenvalue weighted by Crippen LogP contribution is -2.49. The van der Waals surface area contributed by atoms with Crippen molar-refractivity contribution in [1.82, 2.24) is 14.4 Å². The molecule has 0 radical (unpaired) electrons. The van der Waals surface area contributed by atoms with Crippen molar-refractivity contribution in [3.05, 3.63) is 64.3 Å². The summed E-state index contributed by atoms with van der Waals surface area (Å²) in [5.74, 6) is -0.314. The van der Waals surface area contributed by atoms with E-state index in [-0.39, 0.29) is 17.3 Å². The van der Waals surface area contributed by atoms with Gasteiger partial charge in [0.1, 0.15) is 5.82 Å². The lowest BCUT2D eigenvalue weighted by molar-refractivity contribution is 0.0745. The second kappa shape index (κ2) is 8.78. The van der Waals surface area contributed by atoms with Crippen LogP contribution in [0.5, 0.6) is 0 Å². The molecule has 0 N–H and O–H groups in total. The Hall–Kier alpha value is -2.67. The molecule has 0 saturated carbocycles. The Morgan fingerprint density at radius 1 is 0.897 bits per heavy atom. The number of pyridine rings is 1. The largest absolute Gasteiger partial charge is 0.366 e.